The van der Waals surface area contributed by atoms with Crippen molar-refractivity contribution in [3.63, 3.8) is 0 Å². The number of hydrogen-bond acceptors (Lipinski definition) is 2. The van der Waals surface area contributed by atoms with Gasteiger partial charge in [-0.15, -0.1) is 24.0 Å². The monoisotopic (exact) mass is 371 g/mol. The van der Waals surface area contributed by atoms with E-state index in [0.717, 1.165) is 5.75 Å². The maximum atomic E-state index is 6.24. The Hall–Kier alpha value is -0.810. The van der Waals surface area contributed by atoms with E-state index < -0.39 is 0 Å². The Kier molecular flexibility index (Phi) is 5.21. The second-order valence-electron chi connectivity index (χ2n) is 5.48. The van der Waals surface area contributed by atoms with Gasteiger partial charge in [-0.2, -0.15) is 0 Å². The number of benzene rings is 2. The first-order chi connectivity index (χ1) is 8.43. The van der Waals surface area contributed by atoms with Gasteiger partial charge in [-0.1, -0.05) is 31.2 Å². The van der Waals surface area contributed by atoms with Crippen LogP contribution in [-0.2, 0) is 0 Å². The molecule has 0 heterocycles. The third kappa shape index (κ3) is 3.39. The highest BCUT2D eigenvalue weighted by molar-refractivity contribution is 14.0. The number of nitrogens with two attached hydrogens (primary N) is 1. The molecule has 2 rings (SSSR count). The lowest BCUT2D eigenvalue weighted by atomic mass is 9.82. The molecular weight excluding hydrogens is 349 g/mol. The van der Waals surface area contributed by atoms with Crippen molar-refractivity contribution in [2.24, 2.45) is 5.73 Å². The minimum Gasteiger partial charge on any atom is -0.497 e. The largest absolute Gasteiger partial charge is 0.497 e. The van der Waals surface area contributed by atoms with Crippen molar-refractivity contribution in [1.82, 2.24) is 0 Å². The topological polar surface area (TPSA) is 35.2 Å². The third-order valence-electron chi connectivity index (χ3n) is 3.71. The molecule has 0 fully saturated rings. The standard InChI is InChI=1S/C16H21NO.HI/c1-11(16(2,3)17)14-7-5-6-12-8-9-13(18-4)10-15(12)14;/h5-11H,17H2,1-4H3;1H. The minimum atomic E-state index is -0.239. The zero-order chi connectivity index (χ0) is 13.3. The second-order valence-corrected chi connectivity index (χ2v) is 5.48. The molecule has 2 aromatic carbocycles. The minimum absolute atomic E-state index is 0. The van der Waals surface area contributed by atoms with Crippen LogP contribution in [-0.4, -0.2) is 12.6 Å². The van der Waals surface area contributed by atoms with Crippen molar-refractivity contribution >= 4 is 34.7 Å². The fraction of sp³-hybridized carbons (Fsp3) is 0.375. The summed E-state index contributed by atoms with van der Waals surface area (Å²) in [7, 11) is 1.69. The van der Waals surface area contributed by atoms with Gasteiger partial charge in [0.1, 0.15) is 5.75 Å². The van der Waals surface area contributed by atoms with Crippen molar-refractivity contribution in [2.45, 2.75) is 32.2 Å². The average molecular weight is 371 g/mol. The highest BCUT2D eigenvalue weighted by Crippen LogP contribution is 2.33. The number of hydrogen-bond donors (Lipinski definition) is 1. The predicted molar refractivity (Wildman–Crippen MR) is 92.6 cm³/mol. The van der Waals surface area contributed by atoms with E-state index in [0.29, 0.717) is 0 Å². The molecule has 2 N–H and O–H groups in total. The number of rotatable bonds is 3. The molecule has 0 saturated carbocycles. The molecule has 2 nitrogen and oxygen atoms in total. The summed E-state index contributed by atoms with van der Waals surface area (Å²) < 4.78 is 5.31. The van der Waals surface area contributed by atoms with Crippen LogP contribution in [0.2, 0.25) is 0 Å². The van der Waals surface area contributed by atoms with Crippen molar-refractivity contribution in [3.05, 3.63) is 42.0 Å². The summed E-state index contributed by atoms with van der Waals surface area (Å²) in [6.45, 7) is 6.31. The molecule has 0 bridgehead atoms. The van der Waals surface area contributed by atoms with Gasteiger partial charge in [-0.3, -0.25) is 0 Å². The van der Waals surface area contributed by atoms with Gasteiger partial charge in [0.15, 0.2) is 0 Å². The van der Waals surface area contributed by atoms with Crippen LogP contribution < -0.4 is 10.5 Å². The Bertz CT molecular complexity index is 560. The summed E-state index contributed by atoms with van der Waals surface area (Å²) in [5.41, 5.74) is 7.28. The Morgan fingerprint density at radius 1 is 1.16 bits per heavy atom. The van der Waals surface area contributed by atoms with E-state index in [2.05, 4.69) is 51.1 Å². The van der Waals surface area contributed by atoms with Gasteiger partial charge in [-0.25, -0.2) is 0 Å². The van der Waals surface area contributed by atoms with Crippen LogP contribution in [0.5, 0.6) is 5.75 Å². The zero-order valence-corrected chi connectivity index (χ0v) is 14.3. The number of fused-ring (bicyclic) bond motifs is 1. The first kappa shape index (κ1) is 16.2. The van der Waals surface area contributed by atoms with Gasteiger partial charge in [0.2, 0.25) is 0 Å². The van der Waals surface area contributed by atoms with Crippen LogP contribution in [0.3, 0.4) is 0 Å². The fourth-order valence-electron chi connectivity index (χ4n) is 2.18. The smallest absolute Gasteiger partial charge is 0.119 e. The van der Waals surface area contributed by atoms with E-state index in [-0.39, 0.29) is 35.4 Å². The maximum absolute atomic E-state index is 6.24. The SMILES string of the molecule is COc1ccc2cccc(C(C)C(C)(C)N)c2c1.I. The second kappa shape index (κ2) is 6.09. The highest BCUT2D eigenvalue weighted by atomic mass is 127. The molecule has 1 unspecified atom stereocenters. The summed E-state index contributed by atoms with van der Waals surface area (Å²) in [4.78, 5) is 0. The average Bonchev–Trinajstić information content (AvgIpc) is 2.35. The highest BCUT2D eigenvalue weighted by Gasteiger charge is 2.23. The van der Waals surface area contributed by atoms with Gasteiger partial charge in [0, 0.05) is 5.54 Å². The molecule has 0 aliphatic carbocycles. The lowest BCUT2D eigenvalue weighted by Crippen LogP contribution is -2.37. The quantitative estimate of drug-likeness (QED) is 0.817. The van der Waals surface area contributed by atoms with Crippen LogP contribution in [0.1, 0.15) is 32.3 Å². The van der Waals surface area contributed by atoms with Crippen LogP contribution >= 0.6 is 24.0 Å². The normalized spacial score (nSPS) is 12.9. The van der Waals surface area contributed by atoms with E-state index in [4.69, 9.17) is 10.5 Å². The van der Waals surface area contributed by atoms with Crippen LogP contribution in [0.25, 0.3) is 10.8 Å². The number of ether oxygens (including phenoxy) is 1. The molecule has 0 radical (unpaired) electrons. The van der Waals surface area contributed by atoms with E-state index in [1.54, 1.807) is 7.11 Å². The lowest BCUT2D eigenvalue weighted by molar-refractivity contribution is 0.415. The van der Waals surface area contributed by atoms with Crippen LogP contribution in [0, 0.1) is 0 Å². The first-order valence-electron chi connectivity index (χ1n) is 6.29. The van der Waals surface area contributed by atoms with Gasteiger partial charge < -0.3 is 10.5 Å². The predicted octanol–water partition coefficient (Wildman–Crippen LogP) is 4.31. The molecule has 0 aliphatic rings. The summed E-state index contributed by atoms with van der Waals surface area (Å²) in [6, 6.07) is 12.5. The molecular formula is C16H22INO. The summed E-state index contributed by atoms with van der Waals surface area (Å²) >= 11 is 0. The molecule has 3 heteroatoms. The number of methoxy groups -OCH3 is 1. The Morgan fingerprint density at radius 2 is 1.84 bits per heavy atom. The Balaban J connectivity index is 0.00000180. The molecule has 1 atom stereocenters. The van der Waals surface area contributed by atoms with Crippen LogP contribution in [0.4, 0.5) is 0 Å². The summed E-state index contributed by atoms with van der Waals surface area (Å²) in [6.07, 6.45) is 0. The third-order valence-corrected chi connectivity index (χ3v) is 3.71. The van der Waals surface area contributed by atoms with E-state index in [1.807, 2.05) is 6.07 Å². The fourth-order valence-corrected chi connectivity index (χ4v) is 2.18. The Morgan fingerprint density at radius 3 is 2.42 bits per heavy atom. The summed E-state index contributed by atoms with van der Waals surface area (Å²) in [5.74, 6) is 1.17. The van der Waals surface area contributed by atoms with Crippen molar-refractivity contribution in [2.75, 3.05) is 7.11 Å². The maximum Gasteiger partial charge on any atom is 0.119 e. The zero-order valence-electron chi connectivity index (χ0n) is 11.9. The molecule has 0 aromatic heterocycles. The van der Waals surface area contributed by atoms with Gasteiger partial charge in [0.25, 0.3) is 0 Å². The Labute approximate surface area is 132 Å². The molecule has 0 amide bonds. The molecule has 0 spiro atoms. The van der Waals surface area contributed by atoms with E-state index in [9.17, 15) is 0 Å². The molecule has 104 valence electrons. The van der Waals surface area contributed by atoms with E-state index in [1.165, 1.54) is 16.3 Å². The van der Waals surface area contributed by atoms with Crippen molar-refractivity contribution in [3.8, 4) is 5.75 Å². The van der Waals surface area contributed by atoms with Crippen molar-refractivity contribution < 1.29 is 4.74 Å². The van der Waals surface area contributed by atoms with Crippen molar-refractivity contribution in [1.29, 1.82) is 0 Å². The molecule has 19 heavy (non-hydrogen) atoms. The molecule has 0 aliphatic heterocycles. The lowest BCUT2D eigenvalue weighted by Gasteiger charge is -2.28. The first-order valence-corrected chi connectivity index (χ1v) is 6.29. The van der Waals surface area contributed by atoms with Gasteiger partial charge in [0.05, 0.1) is 7.11 Å². The molecule has 2 aromatic rings. The summed E-state index contributed by atoms with van der Waals surface area (Å²) in [5, 5.41) is 2.45. The van der Waals surface area contributed by atoms with Crippen LogP contribution in [0.15, 0.2) is 36.4 Å². The van der Waals surface area contributed by atoms with Gasteiger partial charge >= 0.3 is 0 Å². The van der Waals surface area contributed by atoms with Gasteiger partial charge in [-0.05, 0) is 48.2 Å². The number of halogens is 1. The van der Waals surface area contributed by atoms with E-state index >= 15 is 0 Å². The molecule has 0 saturated heterocycles.